The maximum atomic E-state index is 5.87. The lowest BCUT2D eigenvalue weighted by Gasteiger charge is -2.18. The average Bonchev–Trinajstić information content (AvgIpc) is 2.63. The summed E-state index contributed by atoms with van der Waals surface area (Å²) in [6.07, 6.45) is 0.00803. The maximum absolute atomic E-state index is 5.87. The number of nitrogens with zero attached hydrogens (tertiary/aromatic N) is 1. The van der Waals surface area contributed by atoms with Gasteiger partial charge in [0.25, 0.3) is 0 Å². The van der Waals surface area contributed by atoms with Crippen molar-refractivity contribution >= 4 is 29.9 Å². The van der Waals surface area contributed by atoms with Crippen LogP contribution in [0.4, 0.5) is 0 Å². The fourth-order valence-electron chi connectivity index (χ4n) is 2.17. The molecule has 2 rings (SSSR count). The van der Waals surface area contributed by atoms with E-state index in [9.17, 15) is 0 Å². The largest absolute Gasteiger partial charge is 0.497 e. The van der Waals surface area contributed by atoms with Gasteiger partial charge in [-0.15, -0.1) is 24.0 Å². The van der Waals surface area contributed by atoms with Crippen LogP contribution in [0.2, 0.25) is 0 Å². The van der Waals surface area contributed by atoms with Crippen LogP contribution in [0.15, 0.2) is 59.6 Å². The Morgan fingerprint density at radius 1 is 1.00 bits per heavy atom. The number of hydrogen-bond acceptors (Lipinski definition) is 3. The second-order valence-electron chi connectivity index (χ2n) is 5.40. The Bertz CT molecular complexity index is 633. The first-order valence-corrected chi connectivity index (χ1v) is 8.00. The second kappa shape index (κ2) is 11.6. The minimum atomic E-state index is 0. The number of guanidine groups is 1. The van der Waals surface area contributed by atoms with Gasteiger partial charge in [-0.25, -0.2) is 0 Å². The van der Waals surface area contributed by atoms with Gasteiger partial charge >= 0.3 is 0 Å². The van der Waals surface area contributed by atoms with Crippen LogP contribution < -0.4 is 20.1 Å². The fourth-order valence-corrected chi connectivity index (χ4v) is 2.17. The summed E-state index contributed by atoms with van der Waals surface area (Å²) in [5, 5.41) is 6.56. The normalized spacial score (nSPS) is 11.9. The Kier molecular flexibility index (Phi) is 9.76. The topological polar surface area (TPSA) is 54.9 Å². The van der Waals surface area contributed by atoms with Crippen LogP contribution in [-0.2, 0) is 6.54 Å². The quantitative estimate of drug-likeness (QED) is 0.382. The predicted octanol–water partition coefficient (Wildman–Crippen LogP) is 3.45. The Hall–Kier alpha value is -1.96. The Morgan fingerprint density at radius 2 is 1.64 bits per heavy atom. The highest BCUT2D eigenvalue weighted by molar-refractivity contribution is 14.0. The lowest BCUT2D eigenvalue weighted by molar-refractivity contribution is 0.223. The van der Waals surface area contributed by atoms with E-state index in [4.69, 9.17) is 9.47 Å². The highest BCUT2D eigenvalue weighted by Gasteiger charge is 2.06. The third-order valence-electron chi connectivity index (χ3n) is 3.48. The number of hydrogen-bond donors (Lipinski definition) is 2. The van der Waals surface area contributed by atoms with Crippen LogP contribution in [0, 0.1) is 0 Å². The molecule has 0 saturated carbocycles. The van der Waals surface area contributed by atoms with Gasteiger partial charge in [0.2, 0.25) is 0 Å². The van der Waals surface area contributed by atoms with Crippen LogP contribution >= 0.6 is 24.0 Å². The van der Waals surface area contributed by atoms with Gasteiger partial charge in [-0.2, -0.15) is 0 Å². The van der Waals surface area contributed by atoms with Crippen molar-refractivity contribution in [3.05, 3.63) is 60.2 Å². The smallest absolute Gasteiger partial charge is 0.191 e. The molecule has 0 radical (unpaired) electrons. The molecule has 2 aromatic carbocycles. The van der Waals surface area contributed by atoms with Crippen LogP contribution in [0.1, 0.15) is 12.5 Å². The van der Waals surface area contributed by atoms with Crippen molar-refractivity contribution in [1.29, 1.82) is 0 Å². The van der Waals surface area contributed by atoms with E-state index in [1.165, 1.54) is 5.56 Å². The highest BCUT2D eigenvalue weighted by atomic mass is 127. The number of benzene rings is 2. The zero-order chi connectivity index (χ0) is 17.2. The minimum Gasteiger partial charge on any atom is -0.497 e. The van der Waals surface area contributed by atoms with Crippen molar-refractivity contribution in [3.8, 4) is 11.5 Å². The monoisotopic (exact) mass is 455 g/mol. The second-order valence-corrected chi connectivity index (χ2v) is 5.40. The molecule has 0 saturated heterocycles. The van der Waals surface area contributed by atoms with Crippen LogP contribution in [-0.4, -0.2) is 32.8 Å². The Morgan fingerprint density at radius 3 is 2.24 bits per heavy atom. The molecule has 1 unspecified atom stereocenters. The number of halogens is 1. The average molecular weight is 455 g/mol. The maximum Gasteiger partial charge on any atom is 0.191 e. The molecule has 0 spiro atoms. The molecule has 6 heteroatoms. The van der Waals surface area contributed by atoms with Crippen molar-refractivity contribution < 1.29 is 9.47 Å². The molecule has 25 heavy (non-hydrogen) atoms. The number of ether oxygens (including phenoxy) is 2. The van der Waals surface area contributed by atoms with Gasteiger partial charge in [0, 0.05) is 13.6 Å². The van der Waals surface area contributed by atoms with Gasteiger partial charge in [0.1, 0.15) is 17.6 Å². The predicted molar refractivity (Wildman–Crippen MR) is 113 cm³/mol. The summed E-state index contributed by atoms with van der Waals surface area (Å²) in [6, 6.07) is 17.8. The first-order valence-electron chi connectivity index (χ1n) is 8.00. The first kappa shape index (κ1) is 21.1. The number of aliphatic imine (C=N–C) groups is 1. The summed E-state index contributed by atoms with van der Waals surface area (Å²) < 4.78 is 11.0. The zero-order valence-corrected chi connectivity index (χ0v) is 17.2. The van der Waals surface area contributed by atoms with Crippen molar-refractivity contribution in [3.63, 3.8) is 0 Å². The van der Waals surface area contributed by atoms with E-state index in [1.54, 1.807) is 14.2 Å². The molecule has 0 aromatic heterocycles. The molecule has 0 aliphatic carbocycles. The van der Waals surface area contributed by atoms with E-state index < -0.39 is 0 Å². The number of nitrogens with one attached hydrogen (secondary N) is 2. The van der Waals surface area contributed by atoms with Crippen molar-refractivity contribution in [2.75, 3.05) is 20.7 Å². The van der Waals surface area contributed by atoms with E-state index in [1.807, 2.05) is 49.4 Å². The molecule has 0 bridgehead atoms. The summed E-state index contributed by atoms with van der Waals surface area (Å²) in [6.45, 7) is 3.40. The van der Waals surface area contributed by atoms with Crippen LogP contribution in [0.3, 0.4) is 0 Å². The van der Waals surface area contributed by atoms with Gasteiger partial charge < -0.3 is 20.1 Å². The molecule has 0 fully saturated rings. The summed E-state index contributed by atoms with van der Waals surface area (Å²) in [4.78, 5) is 4.23. The van der Waals surface area contributed by atoms with Crippen LogP contribution in [0.5, 0.6) is 11.5 Å². The molecule has 0 aliphatic heterocycles. The summed E-state index contributed by atoms with van der Waals surface area (Å²) >= 11 is 0. The highest BCUT2D eigenvalue weighted by Crippen LogP contribution is 2.17. The molecule has 0 aliphatic rings. The fraction of sp³-hybridized carbons (Fsp3) is 0.316. The summed E-state index contributed by atoms with van der Waals surface area (Å²) in [5.41, 5.74) is 1.21. The van der Waals surface area contributed by atoms with E-state index in [-0.39, 0.29) is 30.1 Å². The lowest BCUT2D eigenvalue weighted by atomic mass is 10.2. The third kappa shape index (κ3) is 7.64. The van der Waals surface area contributed by atoms with E-state index in [0.717, 1.165) is 24.0 Å². The Balaban J connectivity index is 0.00000312. The van der Waals surface area contributed by atoms with Crippen molar-refractivity contribution in [2.45, 2.75) is 19.6 Å². The minimum absolute atomic E-state index is 0. The molecule has 2 aromatic rings. The molecular weight excluding hydrogens is 429 g/mol. The van der Waals surface area contributed by atoms with E-state index in [2.05, 4.69) is 27.8 Å². The zero-order valence-electron chi connectivity index (χ0n) is 14.9. The molecular formula is C19H26IN3O2. The molecule has 136 valence electrons. The van der Waals surface area contributed by atoms with Gasteiger partial charge in [-0.1, -0.05) is 30.3 Å². The molecule has 1 atom stereocenters. The lowest BCUT2D eigenvalue weighted by Crippen LogP contribution is -2.41. The first-order chi connectivity index (χ1) is 11.7. The Labute approximate surface area is 166 Å². The number of rotatable bonds is 7. The van der Waals surface area contributed by atoms with Gasteiger partial charge in [-0.3, -0.25) is 4.99 Å². The standard InChI is InChI=1S/C19H25N3O2.HI/c1-15(24-18-11-9-17(23-3)10-12-18)13-21-19(20-2)22-14-16-7-5-4-6-8-16;/h4-12,15H,13-14H2,1-3H3,(H2,20,21,22);1H. The third-order valence-corrected chi connectivity index (χ3v) is 3.48. The molecule has 0 heterocycles. The van der Waals surface area contributed by atoms with Gasteiger partial charge in [0.05, 0.1) is 13.7 Å². The van der Waals surface area contributed by atoms with Gasteiger partial charge in [-0.05, 0) is 36.8 Å². The van der Waals surface area contributed by atoms with Crippen molar-refractivity contribution in [2.24, 2.45) is 4.99 Å². The molecule has 0 amide bonds. The van der Waals surface area contributed by atoms with E-state index in [0.29, 0.717) is 6.54 Å². The van der Waals surface area contributed by atoms with Crippen LogP contribution in [0.25, 0.3) is 0 Å². The van der Waals surface area contributed by atoms with Crippen molar-refractivity contribution in [1.82, 2.24) is 10.6 Å². The molecule has 2 N–H and O–H groups in total. The summed E-state index contributed by atoms with van der Waals surface area (Å²) in [7, 11) is 3.41. The van der Waals surface area contributed by atoms with Gasteiger partial charge in [0.15, 0.2) is 5.96 Å². The summed E-state index contributed by atoms with van der Waals surface area (Å²) in [5.74, 6) is 2.39. The molecule has 5 nitrogen and oxygen atoms in total. The van der Waals surface area contributed by atoms with E-state index >= 15 is 0 Å². The number of methoxy groups -OCH3 is 1. The SMILES string of the molecule is CN=C(NCc1ccccc1)NCC(C)Oc1ccc(OC)cc1.I.